The van der Waals surface area contributed by atoms with E-state index >= 15 is 4.39 Å². The molecule has 0 bridgehead atoms. The van der Waals surface area contributed by atoms with Crippen LogP contribution in [0.2, 0.25) is 0 Å². The van der Waals surface area contributed by atoms with Gasteiger partial charge in [0.2, 0.25) is 5.91 Å². The summed E-state index contributed by atoms with van der Waals surface area (Å²) in [5.41, 5.74) is 2.24. The number of rotatable bonds is 6. The normalized spacial score (nSPS) is 17.7. The van der Waals surface area contributed by atoms with E-state index in [0.29, 0.717) is 30.0 Å². The average Bonchev–Trinajstić information content (AvgIpc) is 3.24. The van der Waals surface area contributed by atoms with E-state index in [9.17, 15) is 4.79 Å². The standard InChI is InChI=1S/C29H31FN10O/c30-26-27(20-8-11-33-24(17-20)38-14-4-10-32-12-16-38)36-28(22-18-34-40-15-2-1-6-23(22)40)37-29(26)35-21-5-3-13-39(19-21)25(41)7-9-31/h1-2,6,8,11,15,17-18,21,32H,3-5,7,10,12-14,16,19H2,(H,35,36,37)/t21-/m1/s1. The van der Waals surface area contributed by atoms with E-state index in [-0.39, 0.29) is 29.9 Å². The van der Waals surface area contributed by atoms with Crippen molar-refractivity contribution in [1.82, 2.24) is 34.8 Å². The van der Waals surface area contributed by atoms with Crippen molar-refractivity contribution in [3.8, 4) is 28.7 Å². The number of anilines is 2. The first kappa shape index (κ1) is 26.6. The molecule has 0 aromatic carbocycles. The van der Waals surface area contributed by atoms with Gasteiger partial charge in [0.05, 0.1) is 23.3 Å². The number of nitrogens with one attached hydrogen (secondary N) is 2. The number of nitriles is 1. The predicted octanol–water partition coefficient (Wildman–Crippen LogP) is 3.11. The Bertz CT molecular complexity index is 1590. The molecule has 11 nitrogen and oxygen atoms in total. The molecule has 2 fully saturated rings. The first-order valence-corrected chi connectivity index (χ1v) is 13.9. The van der Waals surface area contributed by atoms with Crippen LogP contribution in [-0.2, 0) is 4.79 Å². The second-order valence-corrected chi connectivity index (χ2v) is 10.3. The number of amides is 1. The molecule has 2 aliphatic heterocycles. The van der Waals surface area contributed by atoms with Crippen LogP contribution in [0.1, 0.15) is 25.7 Å². The van der Waals surface area contributed by atoms with Crippen molar-refractivity contribution in [2.45, 2.75) is 31.7 Å². The van der Waals surface area contributed by atoms with Gasteiger partial charge in [0.1, 0.15) is 17.9 Å². The molecule has 4 aromatic heterocycles. The molecule has 6 rings (SSSR count). The highest BCUT2D eigenvalue weighted by Gasteiger charge is 2.27. The molecule has 6 heterocycles. The summed E-state index contributed by atoms with van der Waals surface area (Å²) in [7, 11) is 0. The number of hydrogen-bond donors (Lipinski definition) is 2. The number of fused-ring (bicyclic) bond motifs is 1. The van der Waals surface area contributed by atoms with E-state index in [1.165, 1.54) is 0 Å². The van der Waals surface area contributed by atoms with Crippen LogP contribution in [0.5, 0.6) is 0 Å². The molecule has 12 heteroatoms. The lowest BCUT2D eigenvalue weighted by molar-refractivity contribution is -0.131. The number of halogens is 1. The SMILES string of the molecule is N#CCC(=O)N1CCC[C@@H](Nc2nc(-c3cnn4ccccc34)nc(-c3ccnc(N4CCCNCC4)c3)c2F)C1. The zero-order valence-corrected chi connectivity index (χ0v) is 22.6. The summed E-state index contributed by atoms with van der Waals surface area (Å²) in [5, 5.41) is 20.0. The molecule has 0 unspecified atom stereocenters. The van der Waals surface area contributed by atoms with Gasteiger partial charge in [-0.15, -0.1) is 0 Å². The number of pyridine rings is 2. The van der Waals surface area contributed by atoms with E-state index in [4.69, 9.17) is 10.2 Å². The zero-order valence-electron chi connectivity index (χ0n) is 22.6. The molecule has 210 valence electrons. The average molecular weight is 555 g/mol. The highest BCUT2D eigenvalue weighted by atomic mass is 19.1. The predicted molar refractivity (Wildman–Crippen MR) is 153 cm³/mol. The summed E-state index contributed by atoms with van der Waals surface area (Å²) in [4.78, 5) is 30.2. The van der Waals surface area contributed by atoms with E-state index in [2.05, 4.69) is 30.6 Å². The molecule has 41 heavy (non-hydrogen) atoms. The molecule has 2 saturated heterocycles. The molecule has 0 aliphatic carbocycles. The monoisotopic (exact) mass is 554 g/mol. The number of carbonyl (C=O) groups excluding carboxylic acids is 1. The molecule has 4 aromatic rings. The highest BCUT2D eigenvalue weighted by molar-refractivity contribution is 5.79. The first-order chi connectivity index (χ1) is 20.1. The molecule has 1 atom stereocenters. The second-order valence-electron chi connectivity index (χ2n) is 10.3. The maximum absolute atomic E-state index is 16.3. The lowest BCUT2D eigenvalue weighted by atomic mass is 10.0. The summed E-state index contributed by atoms with van der Waals surface area (Å²) in [6.07, 6.45) is 7.51. The van der Waals surface area contributed by atoms with E-state index in [1.54, 1.807) is 27.9 Å². The first-order valence-electron chi connectivity index (χ1n) is 13.9. The van der Waals surface area contributed by atoms with Crippen molar-refractivity contribution < 1.29 is 9.18 Å². The van der Waals surface area contributed by atoms with Crippen LogP contribution in [0.3, 0.4) is 0 Å². The molecule has 2 aliphatic rings. The molecular formula is C29H31FN10O. The van der Waals surface area contributed by atoms with Gasteiger partial charge in [-0.3, -0.25) is 4.79 Å². The molecule has 2 N–H and O–H groups in total. The van der Waals surface area contributed by atoms with Gasteiger partial charge in [-0.25, -0.2) is 23.9 Å². The molecule has 0 spiro atoms. The van der Waals surface area contributed by atoms with Crippen molar-refractivity contribution in [3.05, 3.63) is 54.7 Å². The Hall–Kier alpha value is -4.63. The topological polar surface area (TPSA) is 127 Å². The number of carbonyl (C=O) groups is 1. The third-order valence-electron chi connectivity index (χ3n) is 7.55. The minimum Gasteiger partial charge on any atom is -0.363 e. The summed E-state index contributed by atoms with van der Waals surface area (Å²) in [6, 6.07) is 11.0. The van der Waals surface area contributed by atoms with Gasteiger partial charge in [0, 0.05) is 56.7 Å². The maximum Gasteiger partial charge on any atom is 0.236 e. The van der Waals surface area contributed by atoms with Gasteiger partial charge in [-0.05, 0) is 50.1 Å². The van der Waals surface area contributed by atoms with Crippen molar-refractivity contribution >= 4 is 23.1 Å². The molecule has 0 radical (unpaired) electrons. The van der Waals surface area contributed by atoms with Crippen LogP contribution in [0, 0.1) is 17.1 Å². The Morgan fingerprint density at radius 2 is 2.10 bits per heavy atom. The fraction of sp³-hybridized carbons (Fsp3) is 0.379. The smallest absolute Gasteiger partial charge is 0.236 e. The van der Waals surface area contributed by atoms with Gasteiger partial charge in [0.15, 0.2) is 17.5 Å². The number of hydrogen-bond acceptors (Lipinski definition) is 9. The van der Waals surface area contributed by atoms with Crippen molar-refractivity contribution in [2.75, 3.05) is 49.5 Å². The van der Waals surface area contributed by atoms with E-state index < -0.39 is 5.82 Å². The van der Waals surface area contributed by atoms with Gasteiger partial charge in [0.25, 0.3) is 0 Å². The summed E-state index contributed by atoms with van der Waals surface area (Å²) < 4.78 is 18.0. The van der Waals surface area contributed by atoms with Crippen molar-refractivity contribution in [3.63, 3.8) is 0 Å². The summed E-state index contributed by atoms with van der Waals surface area (Å²) in [5.74, 6) is 0.395. The molecule has 0 saturated carbocycles. The van der Waals surface area contributed by atoms with Crippen LogP contribution in [0.25, 0.3) is 28.2 Å². The van der Waals surface area contributed by atoms with Crippen molar-refractivity contribution in [2.24, 2.45) is 0 Å². The number of piperidine rings is 1. The van der Waals surface area contributed by atoms with Crippen LogP contribution < -0.4 is 15.5 Å². The lowest BCUT2D eigenvalue weighted by Gasteiger charge is -2.33. The van der Waals surface area contributed by atoms with Crippen LogP contribution in [0.4, 0.5) is 16.0 Å². The Kier molecular flexibility index (Phi) is 7.69. The highest BCUT2D eigenvalue weighted by Crippen LogP contribution is 2.32. The third kappa shape index (κ3) is 5.67. The summed E-state index contributed by atoms with van der Waals surface area (Å²) >= 11 is 0. The minimum atomic E-state index is -0.569. The van der Waals surface area contributed by atoms with Gasteiger partial charge in [-0.2, -0.15) is 10.4 Å². The quantitative estimate of drug-likeness (QED) is 0.370. The Balaban J connectivity index is 1.40. The molecule has 1 amide bonds. The Labute approximate surface area is 237 Å². The van der Waals surface area contributed by atoms with Gasteiger partial charge >= 0.3 is 0 Å². The second kappa shape index (κ2) is 11.9. The fourth-order valence-electron chi connectivity index (χ4n) is 5.47. The number of aromatic nitrogens is 5. The largest absolute Gasteiger partial charge is 0.363 e. The minimum absolute atomic E-state index is 0.0669. The van der Waals surface area contributed by atoms with Gasteiger partial charge in [-0.1, -0.05) is 6.07 Å². The summed E-state index contributed by atoms with van der Waals surface area (Å²) in [6.45, 7) is 4.43. The zero-order chi connectivity index (χ0) is 28.2. The lowest BCUT2D eigenvalue weighted by Crippen LogP contribution is -2.45. The van der Waals surface area contributed by atoms with Crippen LogP contribution >= 0.6 is 0 Å². The van der Waals surface area contributed by atoms with Crippen LogP contribution in [-0.4, -0.2) is 80.7 Å². The van der Waals surface area contributed by atoms with Crippen LogP contribution in [0.15, 0.2) is 48.9 Å². The van der Waals surface area contributed by atoms with E-state index in [1.807, 2.05) is 36.5 Å². The van der Waals surface area contributed by atoms with Gasteiger partial charge < -0.3 is 20.4 Å². The number of nitrogens with zero attached hydrogens (tertiary/aromatic N) is 8. The Morgan fingerprint density at radius 3 is 3.00 bits per heavy atom. The Morgan fingerprint density at radius 1 is 1.17 bits per heavy atom. The number of likely N-dealkylation sites (tertiary alicyclic amines) is 1. The van der Waals surface area contributed by atoms with E-state index in [0.717, 1.165) is 56.8 Å². The molecular weight excluding hydrogens is 523 g/mol. The fourth-order valence-corrected chi connectivity index (χ4v) is 5.47. The maximum atomic E-state index is 16.3. The third-order valence-corrected chi connectivity index (χ3v) is 7.55. The van der Waals surface area contributed by atoms with Crippen molar-refractivity contribution in [1.29, 1.82) is 5.26 Å².